The summed E-state index contributed by atoms with van der Waals surface area (Å²) < 4.78 is 6.70. The molecule has 0 bridgehead atoms. The minimum absolute atomic E-state index is 0.0849. The standard InChI is InChI=1S/C14H13N3O3/c1-9(20-2)13-12(14(18)19)8-16-17(13)11-5-3-4-10(6-11)7-15/h3-6,8-9H,1-2H3,(H,18,19). The van der Waals surface area contributed by atoms with Crippen molar-refractivity contribution in [1.29, 1.82) is 5.26 Å². The SMILES string of the molecule is COC(C)c1c(C(=O)O)cnn1-c1cccc(C#N)c1. The fourth-order valence-electron chi connectivity index (χ4n) is 1.94. The smallest absolute Gasteiger partial charge is 0.339 e. The van der Waals surface area contributed by atoms with Crippen molar-refractivity contribution in [3.63, 3.8) is 0 Å². The Balaban J connectivity index is 2.62. The summed E-state index contributed by atoms with van der Waals surface area (Å²) in [5, 5.41) is 22.2. The van der Waals surface area contributed by atoms with Crippen molar-refractivity contribution in [2.75, 3.05) is 7.11 Å². The second kappa shape index (κ2) is 5.55. The first kappa shape index (κ1) is 13.8. The predicted octanol–water partition coefficient (Wildman–Crippen LogP) is 2.15. The zero-order chi connectivity index (χ0) is 14.7. The Morgan fingerprint density at radius 1 is 1.55 bits per heavy atom. The Bertz CT molecular complexity index is 685. The first-order chi connectivity index (χ1) is 9.58. The second-order valence-corrected chi connectivity index (χ2v) is 4.20. The molecule has 102 valence electrons. The lowest BCUT2D eigenvalue weighted by molar-refractivity contribution is 0.0681. The summed E-state index contributed by atoms with van der Waals surface area (Å²) in [5.41, 5.74) is 1.62. The molecule has 6 heteroatoms. The van der Waals surface area contributed by atoms with Gasteiger partial charge in [-0.1, -0.05) is 6.07 Å². The maximum absolute atomic E-state index is 11.2. The van der Waals surface area contributed by atoms with E-state index in [1.54, 1.807) is 31.2 Å². The molecular formula is C14H13N3O3. The minimum Gasteiger partial charge on any atom is -0.478 e. The zero-order valence-corrected chi connectivity index (χ0v) is 11.1. The van der Waals surface area contributed by atoms with Crippen LogP contribution in [0.4, 0.5) is 0 Å². The van der Waals surface area contributed by atoms with Gasteiger partial charge in [0.05, 0.1) is 35.3 Å². The molecule has 0 fully saturated rings. The number of carbonyl (C=O) groups is 1. The van der Waals surface area contributed by atoms with E-state index >= 15 is 0 Å². The summed E-state index contributed by atoms with van der Waals surface area (Å²) >= 11 is 0. The molecule has 0 aliphatic heterocycles. The van der Waals surface area contributed by atoms with Gasteiger partial charge in [-0.05, 0) is 25.1 Å². The Morgan fingerprint density at radius 2 is 2.30 bits per heavy atom. The molecule has 0 spiro atoms. The van der Waals surface area contributed by atoms with Gasteiger partial charge in [0.2, 0.25) is 0 Å². The maximum Gasteiger partial charge on any atom is 0.339 e. The summed E-state index contributed by atoms with van der Waals surface area (Å²) in [6.07, 6.45) is 0.848. The monoisotopic (exact) mass is 271 g/mol. The van der Waals surface area contributed by atoms with Gasteiger partial charge in [-0.25, -0.2) is 9.48 Å². The summed E-state index contributed by atoms with van der Waals surface area (Å²) in [7, 11) is 1.50. The fourth-order valence-corrected chi connectivity index (χ4v) is 1.94. The second-order valence-electron chi connectivity index (χ2n) is 4.20. The highest BCUT2D eigenvalue weighted by Gasteiger charge is 2.22. The van der Waals surface area contributed by atoms with E-state index in [-0.39, 0.29) is 5.56 Å². The maximum atomic E-state index is 11.2. The largest absolute Gasteiger partial charge is 0.478 e. The van der Waals surface area contributed by atoms with Crippen LogP contribution in [-0.4, -0.2) is 28.0 Å². The lowest BCUT2D eigenvalue weighted by Crippen LogP contribution is -2.11. The first-order valence-electron chi connectivity index (χ1n) is 5.93. The van der Waals surface area contributed by atoms with Crippen LogP contribution in [-0.2, 0) is 4.74 Å². The van der Waals surface area contributed by atoms with Gasteiger partial charge in [0, 0.05) is 7.11 Å². The summed E-state index contributed by atoms with van der Waals surface area (Å²) in [6, 6.07) is 8.83. The number of hydrogen-bond donors (Lipinski definition) is 1. The molecule has 2 aromatic rings. The van der Waals surface area contributed by atoms with Crippen LogP contribution in [0.5, 0.6) is 0 Å². The average Bonchev–Trinajstić information content (AvgIpc) is 2.91. The van der Waals surface area contributed by atoms with E-state index in [0.29, 0.717) is 16.9 Å². The number of ether oxygens (including phenoxy) is 1. The van der Waals surface area contributed by atoms with E-state index in [0.717, 1.165) is 0 Å². The Morgan fingerprint density at radius 3 is 2.90 bits per heavy atom. The minimum atomic E-state index is -1.06. The van der Waals surface area contributed by atoms with Crippen molar-refractivity contribution in [2.24, 2.45) is 0 Å². The van der Waals surface area contributed by atoms with Crippen LogP contribution in [0.1, 0.15) is 34.6 Å². The van der Waals surface area contributed by atoms with Gasteiger partial charge >= 0.3 is 5.97 Å². The van der Waals surface area contributed by atoms with E-state index in [4.69, 9.17) is 10.00 Å². The van der Waals surface area contributed by atoms with Crippen LogP contribution in [0.15, 0.2) is 30.5 Å². The number of aromatic nitrogens is 2. The van der Waals surface area contributed by atoms with Crippen molar-refractivity contribution in [1.82, 2.24) is 9.78 Å². The molecule has 2 rings (SSSR count). The van der Waals surface area contributed by atoms with Crippen LogP contribution in [0, 0.1) is 11.3 Å². The number of benzene rings is 1. The van der Waals surface area contributed by atoms with Crippen molar-refractivity contribution < 1.29 is 14.6 Å². The normalized spacial score (nSPS) is 11.8. The molecule has 1 atom stereocenters. The van der Waals surface area contributed by atoms with Crippen molar-refractivity contribution in [3.8, 4) is 11.8 Å². The van der Waals surface area contributed by atoms with Gasteiger partial charge in [0.25, 0.3) is 0 Å². The third-order valence-electron chi connectivity index (χ3n) is 3.00. The van der Waals surface area contributed by atoms with Gasteiger partial charge in [0.15, 0.2) is 0 Å². The molecule has 1 N–H and O–H groups in total. The number of carboxylic acids is 1. The number of aromatic carboxylic acids is 1. The third kappa shape index (κ3) is 2.39. The molecule has 20 heavy (non-hydrogen) atoms. The molecule has 1 aromatic carbocycles. The Hall–Kier alpha value is -2.65. The molecule has 1 unspecified atom stereocenters. The molecule has 0 saturated carbocycles. The Kier molecular flexibility index (Phi) is 3.82. The van der Waals surface area contributed by atoms with Crippen LogP contribution in [0.2, 0.25) is 0 Å². The summed E-state index contributed by atoms with van der Waals surface area (Å²) in [4.78, 5) is 11.2. The molecule has 0 aliphatic carbocycles. The van der Waals surface area contributed by atoms with Gasteiger partial charge in [-0.15, -0.1) is 0 Å². The first-order valence-corrected chi connectivity index (χ1v) is 5.93. The van der Waals surface area contributed by atoms with Gasteiger partial charge in [0.1, 0.15) is 5.56 Å². The van der Waals surface area contributed by atoms with Crippen LogP contribution < -0.4 is 0 Å². The highest BCUT2D eigenvalue weighted by Crippen LogP contribution is 2.24. The summed E-state index contributed by atoms with van der Waals surface area (Å²) in [5.74, 6) is -1.06. The number of methoxy groups -OCH3 is 1. The van der Waals surface area contributed by atoms with E-state index < -0.39 is 12.1 Å². The topological polar surface area (TPSA) is 88.1 Å². The zero-order valence-electron chi connectivity index (χ0n) is 11.1. The van der Waals surface area contributed by atoms with Gasteiger partial charge in [-0.3, -0.25) is 0 Å². The fraction of sp³-hybridized carbons (Fsp3) is 0.214. The van der Waals surface area contributed by atoms with E-state index in [2.05, 4.69) is 5.10 Å². The van der Waals surface area contributed by atoms with Crippen molar-refractivity contribution in [2.45, 2.75) is 13.0 Å². The molecule has 1 heterocycles. The number of nitriles is 1. The number of hydrogen-bond acceptors (Lipinski definition) is 4. The van der Waals surface area contributed by atoms with E-state index in [1.165, 1.54) is 18.0 Å². The van der Waals surface area contributed by atoms with E-state index in [9.17, 15) is 9.90 Å². The number of carboxylic acid groups (broad SMARTS) is 1. The van der Waals surface area contributed by atoms with Crippen molar-refractivity contribution >= 4 is 5.97 Å². The number of nitrogens with zero attached hydrogens (tertiary/aromatic N) is 3. The average molecular weight is 271 g/mol. The molecule has 1 aromatic heterocycles. The number of rotatable bonds is 4. The van der Waals surface area contributed by atoms with Crippen LogP contribution in [0.3, 0.4) is 0 Å². The van der Waals surface area contributed by atoms with Crippen LogP contribution in [0.25, 0.3) is 5.69 Å². The predicted molar refractivity (Wildman–Crippen MR) is 70.7 cm³/mol. The summed E-state index contributed by atoms with van der Waals surface area (Å²) in [6.45, 7) is 1.74. The highest BCUT2D eigenvalue weighted by atomic mass is 16.5. The molecule has 0 amide bonds. The Labute approximate surface area is 115 Å². The molecule has 0 aliphatic rings. The van der Waals surface area contributed by atoms with E-state index in [1.807, 2.05) is 6.07 Å². The lowest BCUT2D eigenvalue weighted by atomic mass is 10.1. The molecule has 6 nitrogen and oxygen atoms in total. The molecular weight excluding hydrogens is 258 g/mol. The molecule has 0 radical (unpaired) electrons. The highest BCUT2D eigenvalue weighted by molar-refractivity contribution is 5.89. The molecule has 0 saturated heterocycles. The lowest BCUT2D eigenvalue weighted by Gasteiger charge is -2.14. The van der Waals surface area contributed by atoms with Crippen LogP contribution >= 0.6 is 0 Å². The van der Waals surface area contributed by atoms with Crippen molar-refractivity contribution in [3.05, 3.63) is 47.3 Å². The van der Waals surface area contributed by atoms with Gasteiger partial charge < -0.3 is 9.84 Å². The quantitative estimate of drug-likeness (QED) is 0.920. The third-order valence-corrected chi connectivity index (χ3v) is 3.00. The van der Waals surface area contributed by atoms with Gasteiger partial charge in [-0.2, -0.15) is 10.4 Å².